The summed E-state index contributed by atoms with van der Waals surface area (Å²) in [5, 5.41) is 11.2. The van der Waals surface area contributed by atoms with Crippen molar-refractivity contribution in [3.05, 3.63) is 89.0 Å². The van der Waals surface area contributed by atoms with Crippen LogP contribution in [-0.2, 0) is 21.2 Å². The van der Waals surface area contributed by atoms with E-state index in [0.717, 1.165) is 6.07 Å². The number of anilines is 1. The number of likely N-dealkylation sites (tertiary alicyclic amines) is 1. The number of amides is 1. The second kappa shape index (κ2) is 9.47. The third-order valence-electron chi connectivity index (χ3n) is 6.62. The van der Waals surface area contributed by atoms with E-state index < -0.39 is 27.1 Å². The van der Waals surface area contributed by atoms with Crippen LogP contribution < -0.4 is 5.73 Å². The fourth-order valence-corrected chi connectivity index (χ4v) is 6.98. The first-order valence-electron chi connectivity index (χ1n) is 11.5. The van der Waals surface area contributed by atoms with Crippen LogP contribution in [0.25, 0.3) is 10.2 Å². The Bertz CT molecular complexity index is 1600. The normalized spacial score (nSPS) is 15.7. The van der Waals surface area contributed by atoms with Crippen molar-refractivity contribution in [2.75, 3.05) is 18.8 Å². The van der Waals surface area contributed by atoms with Gasteiger partial charge in [-0.1, -0.05) is 41.7 Å². The number of aliphatic hydroxyl groups is 1. The van der Waals surface area contributed by atoms with Crippen molar-refractivity contribution in [3.8, 4) is 0 Å². The Hall–Kier alpha value is -3.41. The number of hydrogen-bond acceptors (Lipinski definition) is 7. The van der Waals surface area contributed by atoms with Gasteiger partial charge in [-0.25, -0.2) is 22.2 Å². The van der Waals surface area contributed by atoms with Crippen LogP contribution in [0.4, 0.5) is 13.9 Å². The number of nitrogens with zero attached hydrogens (tertiary/aromatic N) is 2. The number of rotatable bonds is 5. The zero-order valence-electron chi connectivity index (χ0n) is 19.5. The molecule has 0 spiro atoms. The zero-order chi connectivity index (χ0) is 26.4. The summed E-state index contributed by atoms with van der Waals surface area (Å²) >= 11 is 1.22. The van der Waals surface area contributed by atoms with Crippen molar-refractivity contribution in [2.24, 2.45) is 0 Å². The van der Waals surface area contributed by atoms with Crippen LogP contribution in [0.3, 0.4) is 0 Å². The van der Waals surface area contributed by atoms with Gasteiger partial charge in [0.2, 0.25) is 0 Å². The van der Waals surface area contributed by atoms with Crippen LogP contribution in [0.5, 0.6) is 0 Å². The molecular weight excluding hydrogens is 520 g/mol. The summed E-state index contributed by atoms with van der Waals surface area (Å²) < 4.78 is 54.7. The first-order valence-corrected chi connectivity index (χ1v) is 14.0. The minimum absolute atomic E-state index is 0.0577. The van der Waals surface area contributed by atoms with E-state index in [-0.39, 0.29) is 53.2 Å². The van der Waals surface area contributed by atoms with Gasteiger partial charge in [-0.15, -0.1) is 0 Å². The number of nitrogens with two attached hydrogens (primary N) is 1. The molecule has 0 bridgehead atoms. The summed E-state index contributed by atoms with van der Waals surface area (Å²) in [5.41, 5.74) is 5.29. The average molecular weight is 544 g/mol. The number of benzene rings is 3. The summed E-state index contributed by atoms with van der Waals surface area (Å²) in [7, 11) is -3.72. The molecule has 4 aromatic rings. The molecule has 2 heterocycles. The van der Waals surface area contributed by atoms with E-state index in [1.54, 1.807) is 36.4 Å². The maximum Gasteiger partial charge on any atom is 0.253 e. The number of sulfone groups is 1. The van der Waals surface area contributed by atoms with Crippen LogP contribution in [0.2, 0.25) is 0 Å². The molecule has 1 aliphatic heterocycles. The summed E-state index contributed by atoms with van der Waals surface area (Å²) in [6.07, 6.45) is 0.115. The fourth-order valence-electron chi connectivity index (χ4n) is 4.63. The van der Waals surface area contributed by atoms with Crippen LogP contribution in [0.1, 0.15) is 34.3 Å². The second-order valence-electron chi connectivity index (χ2n) is 9.04. The molecule has 3 aromatic carbocycles. The van der Waals surface area contributed by atoms with Crippen molar-refractivity contribution in [2.45, 2.75) is 29.1 Å². The Balaban J connectivity index is 1.27. The van der Waals surface area contributed by atoms with Crippen molar-refractivity contribution in [3.63, 3.8) is 0 Å². The van der Waals surface area contributed by atoms with Crippen molar-refractivity contribution < 1.29 is 27.1 Å². The third-order valence-corrected chi connectivity index (χ3v) is 9.18. The van der Waals surface area contributed by atoms with Gasteiger partial charge in [-0.05, 0) is 48.7 Å². The minimum atomic E-state index is -3.72. The van der Waals surface area contributed by atoms with Gasteiger partial charge in [0, 0.05) is 24.2 Å². The summed E-state index contributed by atoms with van der Waals surface area (Å²) in [6, 6.07) is 14.9. The molecule has 1 aromatic heterocycles. The van der Waals surface area contributed by atoms with Gasteiger partial charge >= 0.3 is 0 Å². The Labute approximate surface area is 216 Å². The van der Waals surface area contributed by atoms with E-state index in [2.05, 4.69) is 4.98 Å². The molecule has 7 nitrogen and oxygen atoms in total. The lowest BCUT2D eigenvalue weighted by molar-refractivity contribution is -0.0240. The minimum Gasteiger partial charge on any atom is -0.385 e. The van der Waals surface area contributed by atoms with Gasteiger partial charge in [0.05, 0.1) is 20.9 Å². The number of hydrogen-bond donors (Lipinski definition) is 2. The van der Waals surface area contributed by atoms with E-state index in [1.807, 2.05) is 0 Å². The highest BCUT2D eigenvalue weighted by Crippen LogP contribution is 2.35. The van der Waals surface area contributed by atoms with Crippen molar-refractivity contribution >= 4 is 42.4 Å². The maximum atomic E-state index is 14.2. The molecule has 3 N–H and O–H groups in total. The predicted molar refractivity (Wildman–Crippen MR) is 137 cm³/mol. The number of thiazole rings is 1. The number of carbonyl (C=O) groups excluding carboxylic acids is 1. The Morgan fingerprint density at radius 2 is 1.73 bits per heavy atom. The SMILES string of the molecule is Nc1nc2c(S(=O)(=O)Cc3ccc(C(=O)N4CCC(O)(c5cccc(F)c5F)CC4)cc3)cccc2s1. The fraction of sp³-hybridized carbons (Fsp3) is 0.231. The van der Waals surface area contributed by atoms with Crippen LogP contribution in [-0.4, -0.2) is 42.4 Å². The van der Waals surface area contributed by atoms with Gasteiger partial charge in [0.1, 0.15) is 5.52 Å². The Morgan fingerprint density at radius 3 is 2.43 bits per heavy atom. The van der Waals surface area contributed by atoms with E-state index in [1.165, 1.54) is 34.4 Å². The molecular formula is C26H23F2N3O4S2. The number of aromatic nitrogens is 1. The van der Waals surface area contributed by atoms with Gasteiger partial charge < -0.3 is 15.7 Å². The first kappa shape index (κ1) is 25.2. The smallest absolute Gasteiger partial charge is 0.253 e. The molecule has 1 saturated heterocycles. The van der Waals surface area contributed by atoms with Gasteiger partial charge in [-0.2, -0.15) is 0 Å². The van der Waals surface area contributed by atoms with Gasteiger partial charge in [0.15, 0.2) is 26.6 Å². The highest BCUT2D eigenvalue weighted by Gasteiger charge is 2.38. The van der Waals surface area contributed by atoms with E-state index in [0.29, 0.717) is 21.3 Å². The molecule has 1 amide bonds. The molecule has 1 fully saturated rings. The number of fused-ring (bicyclic) bond motifs is 1. The van der Waals surface area contributed by atoms with Crippen molar-refractivity contribution in [1.29, 1.82) is 0 Å². The quantitative estimate of drug-likeness (QED) is 0.389. The molecule has 0 saturated carbocycles. The molecule has 0 unspecified atom stereocenters. The first-order chi connectivity index (χ1) is 17.6. The molecule has 0 aliphatic carbocycles. The number of piperidine rings is 1. The molecule has 5 rings (SSSR count). The second-order valence-corrected chi connectivity index (χ2v) is 12.1. The Kier molecular flexibility index (Phi) is 6.47. The third kappa shape index (κ3) is 4.81. The Morgan fingerprint density at radius 1 is 1.05 bits per heavy atom. The van der Waals surface area contributed by atoms with E-state index in [9.17, 15) is 27.1 Å². The topological polar surface area (TPSA) is 114 Å². The number of nitrogen functional groups attached to an aromatic ring is 1. The lowest BCUT2D eigenvalue weighted by Crippen LogP contribution is -2.45. The summed E-state index contributed by atoms with van der Waals surface area (Å²) in [5.74, 6) is -2.67. The highest BCUT2D eigenvalue weighted by atomic mass is 32.2. The number of para-hydroxylation sites is 1. The molecule has 192 valence electrons. The van der Waals surface area contributed by atoms with E-state index >= 15 is 0 Å². The van der Waals surface area contributed by atoms with Gasteiger partial charge in [0.25, 0.3) is 5.91 Å². The molecule has 11 heteroatoms. The number of halogens is 2. The molecule has 0 atom stereocenters. The monoisotopic (exact) mass is 543 g/mol. The molecule has 0 radical (unpaired) electrons. The standard InChI is InChI=1S/C26H23F2N3O4S2/c27-19-4-1-3-18(22(19)28)26(33)11-13-31(14-12-26)24(32)17-9-7-16(8-10-17)15-37(34,35)21-6-2-5-20-23(21)30-25(29)36-20/h1-10,33H,11-15H2,(H2,29,30). The highest BCUT2D eigenvalue weighted by molar-refractivity contribution is 7.90. The molecule has 1 aliphatic rings. The summed E-state index contributed by atoms with van der Waals surface area (Å²) in [4.78, 5) is 18.8. The predicted octanol–water partition coefficient (Wildman–Crippen LogP) is 4.25. The van der Waals surface area contributed by atoms with Crippen LogP contribution in [0, 0.1) is 11.6 Å². The van der Waals surface area contributed by atoms with Crippen LogP contribution in [0.15, 0.2) is 65.6 Å². The summed E-state index contributed by atoms with van der Waals surface area (Å²) in [6.45, 7) is 0.310. The zero-order valence-corrected chi connectivity index (χ0v) is 21.2. The van der Waals surface area contributed by atoms with Crippen molar-refractivity contribution in [1.82, 2.24) is 9.88 Å². The molecule has 37 heavy (non-hydrogen) atoms. The lowest BCUT2D eigenvalue weighted by atomic mass is 9.84. The van der Waals surface area contributed by atoms with E-state index in [4.69, 9.17) is 5.73 Å². The largest absolute Gasteiger partial charge is 0.385 e. The lowest BCUT2D eigenvalue weighted by Gasteiger charge is -2.38. The van der Waals surface area contributed by atoms with Crippen LogP contribution >= 0.6 is 11.3 Å². The number of carbonyl (C=O) groups is 1. The average Bonchev–Trinajstić information content (AvgIpc) is 3.26. The van der Waals surface area contributed by atoms with Gasteiger partial charge in [-0.3, -0.25) is 4.79 Å². The maximum absolute atomic E-state index is 14.2.